The van der Waals surface area contributed by atoms with Crippen LogP contribution in [0.1, 0.15) is 47.5 Å². The van der Waals surface area contributed by atoms with Crippen LogP contribution in [0.2, 0.25) is 0 Å². The van der Waals surface area contributed by atoms with Gasteiger partial charge in [-0.15, -0.1) is 0 Å². The first-order valence-electron chi connectivity index (χ1n) is 5.75. The standard InChI is InChI=1S/C12H25NO2/c1-6-7-10(2)9-15-11(14)8-13-12(3,4)5/h10,13H,6-9H2,1-5H3. The van der Waals surface area contributed by atoms with Crippen molar-refractivity contribution in [2.45, 2.75) is 53.0 Å². The first-order chi connectivity index (χ1) is 6.85. The van der Waals surface area contributed by atoms with E-state index >= 15 is 0 Å². The normalized spacial score (nSPS) is 13.7. The molecule has 0 radical (unpaired) electrons. The number of ether oxygens (including phenoxy) is 1. The molecule has 0 fully saturated rings. The molecular weight excluding hydrogens is 190 g/mol. The molecule has 0 aromatic rings. The van der Waals surface area contributed by atoms with Gasteiger partial charge in [0.1, 0.15) is 0 Å². The average Bonchev–Trinajstić information content (AvgIpc) is 2.11. The van der Waals surface area contributed by atoms with Gasteiger partial charge in [-0.05, 0) is 33.1 Å². The maximum Gasteiger partial charge on any atom is 0.319 e. The van der Waals surface area contributed by atoms with Crippen LogP contribution in [0.15, 0.2) is 0 Å². The zero-order valence-electron chi connectivity index (χ0n) is 10.7. The highest BCUT2D eigenvalue weighted by molar-refractivity contribution is 5.71. The minimum absolute atomic E-state index is 0.0337. The van der Waals surface area contributed by atoms with Gasteiger partial charge in [-0.3, -0.25) is 4.79 Å². The van der Waals surface area contributed by atoms with E-state index in [1.807, 2.05) is 20.8 Å². The molecule has 0 aliphatic carbocycles. The van der Waals surface area contributed by atoms with E-state index in [2.05, 4.69) is 19.2 Å². The van der Waals surface area contributed by atoms with Gasteiger partial charge in [-0.1, -0.05) is 20.3 Å². The molecule has 0 bridgehead atoms. The van der Waals surface area contributed by atoms with E-state index in [9.17, 15) is 4.79 Å². The highest BCUT2D eigenvalue weighted by Gasteiger charge is 2.12. The molecule has 0 aliphatic heterocycles. The van der Waals surface area contributed by atoms with Gasteiger partial charge < -0.3 is 10.1 Å². The van der Waals surface area contributed by atoms with Gasteiger partial charge in [0, 0.05) is 5.54 Å². The largest absolute Gasteiger partial charge is 0.464 e. The molecule has 90 valence electrons. The molecule has 0 aromatic carbocycles. The topological polar surface area (TPSA) is 38.3 Å². The molecule has 0 heterocycles. The second kappa shape index (κ2) is 6.83. The first-order valence-corrected chi connectivity index (χ1v) is 5.75. The van der Waals surface area contributed by atoms with E-state index < -0.39 is 0 Å². The summed E-state index contributed by atoms with van der Waals surface area (Å²) in [4.78, 5) is 11.3. The van der Waals surface area contributed by atoms with Gasteiger partial charge in [0.05, 0.1) is 13.2 Å². The third-order valence-electron chi connectivity index (χ3n) is 2.07. The number of esters is 1. The predicted molar refractivity (Wildman–Crippen MR) is 62.8 cm³/mol. The predicted octanol–water partition coefficient (Wildman–Crippen LogP) is 2.35. The van der Waals surface area contributed by atoms with Gasteiger partial charge in [-0.25, -0.2) is 0 Å². The fourth-order valence-electron chi connectivity index (χ4n) is 1.20. The summed E-state index contributed by atoms with van der Waals surface area (Å²) in [6.45, 7) is 11.2. The minimum Gasteiger partial charge on any atom is -0.464 e. The second-order valence-corrected chi connectivity index (χ2v) is 5.18. The van der Waals surface area contributed by atoms with E-state index in [1.54, 1.807) is 0 Å². The second-order valence-electron chi connectivity index (χ2n) is 5.18. The molecule has 3 nitrogen and oxygen atoms in total. The lowest BCUT2D eigenvalue weighted by molar-refractivity contribution is -0.144. The SMILES string of the molecule is CCCC(C)COC(=O)CNC(C)(C)C. The lowest BCUT2D eigenvalue weighted by atomic mass is 10.1. The van der Waals surface area contributed by atoms with Crippen LogP contribution >= 0.6 is 0 Å². The molecule has 0 amide bonds. The summed E-state index contributed by atoms with van der Waals surface area (Å²) in [5.74, 6) is 0.307. The Labute approximate surface area is 93.6 Å². The molecule has 3 heteroatoms. The van der Waals surface area contributed by atoms with E-state index in [0.29, 0.717) is 19.1 Å². The maximum atomic E-state index is 11.3. The van der Waals surface area contributed by atoms with Crippen molar-refractivity contribution in [1.29, 1.82) is 0 Å². The summed E-state index contributed by atoms with van der Waals surface area (Å²) < 4.78 is 5.15. The van der Waals surface area contributed by atoms with Crippen molar-refractivity contribution in [3.05, 3.63) is 0 Å². The Morgan fingerprint density at radius 1 is 1.40 bits per heavy atom. The van der Waals surface area contributed by atoms with Gasteiger partial charge >= 0.3 is 5.97 Å². The fraction of sp³-hybridized carbons (Fsp3) is 0.917. The Bertz CT molecular complexity index is 185. The summed E-state index contributed by atoms with van der Waals surface area (Å²) >= 11 is 0. The fourth-order valence-corrected chi connectivity index (χ4v) is 1.20. The van der Waals surface area contributed by atoms with Crippen molar-refractivity contribution in [2.75, 3.05) is 13.2 Å². The average molecular weight is 215 g/mol. The van der Waals surface area contributed by atoms with Crippen molar-refractivity contribution in [3.8, 4) is 0 Å². The van der Waals surface area contributed by atoms with Gasteiger partial charge in [0.2, 0.25) is 0 Å². The summed E-state index contributed by atoms with van der Waals surface area (Å²) in [7, 11) is 0. The Hall–Kier alpha value is -0.570. The van der Waals surface area contributed by atoms with E-state index in [1.165, 1.54) is 0 Å². The van der Waals surface area contributed by atoms with E-state index in [0.717, 1.165) is 12.8 Å². The lowest BCUT2D eigenvalue weighted by Gasteiger charge is -2.20. The Morgan fingerprint density at radius 2 is 2.00 bits per heavy atom. The molecule has 1 unspecified atom stereocenters. The summed E-state index contributed by atoms with van der Waals surface area (Å²) in [6.07, 6.45) is 2.25. The summed E-state index contributed by atoms with van der Waals surface area (Å²) in [6, 6.07) is 0. The Balaban J connectivity index is 3.58. The van der Waals surface area contributed by atoms with Crippen LogP contribution in [-0.2, 0) is 9.53 Å². The molecule has 0 spiro atoms. The maximum absolute atomic E-state index is 11.3. The molecule has 0 rings (SSSR count). The van der Waals surface area contributed by atoms with Crippen LogP contribution in [0.3, 0.4) is 0 Å². The zero-order valence-corrected chi connectivity index (χ0v) is 10.7. The molecule has 0 saturated carbocycles. The monoisotopic (exact) mass is 215 g/mol. The minimum atomic E-state index is -0.159. The highest BCUT2D eigenvalue weighted by Crippen LogP contribution is 2.05. The van der Waals surface area contributed by atoms with Crippen LogP contribution in [0.4, 0.5) is 0 Å². The van der Waals surface area contributed by atoms with E-state index in [4.69, 9.17) is 4.74 Å². The molecular formula is C12H25NO2. The van der Waals surface area contributed by atoms with Crippen LogP contribution in [0.5, 0.6) is 0 Å². The quantitative estimate of drug-likeness (QED) is 0.691. The van der Waals surface area contributed by atoms with Crippen molar-refractivity contribution >= 4 is 5.97 Å². The number of hydrogen-bond acceptors (Lipinski definition) is 3. The Kier molecular flexibility index (Phi) is 6.57. The van der Waals surface area contributed by atoms with Crippen LogP contribution in [0.25, 0.3) is 0 Å². The highest BCUT2D eigenvalue weighted by atomic mass is 16.5. The third kappa shape index (κ3) is 9.73. The number of nitrogens with one attached hydrogen (secondary N) is 1. The number of hydrogen-bond donors (Lipinski definition) is 1. The van der Waals surface area contributed by atoms with Crippen molar-refractivity contribution in [1.82, 2.24) is 5.32 Å². The first kappa shape index (κ1) is 14.4. The molecule has 15 heavy (non-hydrogen) atoms. The van der Waals surface area contributed by atoms with Crippen molar-refractivity contribution in [2.24, 2.45) is 5.92 Å². The molecule has 0 saturated heterocycles. The molecule has 0 aromatic heterocycles. The third-order valence-corrected chi connectivity index (χ3v) is 2.07. The lowest BCUT2D eigenvalue weighted by Crippen LogP contribution is -2.40. The van der Waals surface area contributed by atoms with Crippen LogP contribution < -0.4 is 5.32 Å². The number of carbonyl (C=O) groups excluding carboxylic acids is 1. The van der Waals surface area contributed by atoms with Crippen molar-refractivity contribution < 1.29 is 9.53 Å². The molecule has 0 aliphatic rings. The van der Waals surface area contributed by atoms with Gasteiger partial charge in [0.25, 0.3) is 0 Å². The van der Waals surface area contributed by atoms with Crippen LogP contribution in [0, 0.1) is 5.92 Å². The smallest absolute Gasteiger partial charge is 0.319 e. The Morgan fingerprint density at radius 3 is 2.47 bits per heavy atom. The van der Waals surface area contributed by atoms with Crippen molar-refractivity contribution in [3.63, 3.8) is 0 Å². The van der Waals surface area contributed by atoms with Gasteiger partial charge in [0.15, 0.2) is 0 Å². The molecule has 1 N–H and O–H groups in total. The van der Waals surface area contributed by atoms with Gasteiger partial charge in [-0.2, -0.15) is 0 Å². The zero-order chi connectivity index (χ0) is 11.9. The number of rotatable bonds is 6. The number of carbonyl (C=O) groups is 1. The summed E-state index contributed by atoms with van der Waals surface area (Å²) in [5.41, 5.74) is -0.0337. The van der Waals surface area contributed by atoms with Crippen LogP contribution in [-0.4, -0.2) is 24.7 Å². The summed E-state index contributed by atoms with van der Waals surface area (Å²) in [5, 5.41) is 3.10. The molecule has 1 atom stereocenters. The van der Waals surface area contributed by atoms with E-state index in [-0.39, 0.29) is 11.5 Å².